The smallest absolute Gasteiger partial charge is 0.240 e. The number of nitrogens with one attached hydrogen (secondary N) is 1. The second-order valence-electron chi connectivity index (χ2n) is 5.39. The summed E-state index contributed by atoms with van der Waals surface area (Å²) in [6.07, 6.45) is 1.84. The highest BCUT2D eigenvalue weighted by atomic mass is 32.2. The summed E-state index contributed by atoms with van der Waals surface area (Å²) in [7, 11) is 0. The number of hydrogen-bond donors (Lipinski definition) is 2. The monoisotopic (exact) mass is 256 g/mol. The van der Waals surface area contributed by atoms with Crippen molar-refractivity contribution >= 4 is 17.7 Å². The SMILES string of the molecule is O=C(C1CSCCN1)N1CC2CCC(O)C2C1. The van der Waals surface area contributed by atoms with E-state index in [0.717, 1.165) is 44.0 Å². The zero-order valence-electron chi connectivity index (χ0n) is 9.97. The molecule has 0 spiro atoms. The van der Waals surface area contributed by atoms with Gasteiger partial charge in [-0.3, -0.25) is 4.79 Å². The van der Waals surface area contributed by atoms with Gasteiger partial charge in [-0.2, -0.15) is 11.8 Å². The normalized spacial score (nSPS) is 41.6. The third-order valence-corrected chi connectivity index (χ3v) is 5.41. The molecular formula is C12H20N2O2S. The highest BCUT2D eigenvalue weighted by Crippen LogP contribution is 2.38. The van der Waals surface area contributed by atoms with E-state index in [1.54, 1.807) is 0 Å². The third-order valence-electron chi connectivity index (χ3n) is 4.35. The summed E-state index contributed by atoms with van der Waals surface area (Å²) < 4.78 is 0. The maximum atomic E-state index is 12.3. The average molecular weight is 256 g/mol. The van der Waals surface area contributed by atoms with Crippen LogP contribution in [0.4, 0.5) is 0 Å². The van der Waals surface area contributed by atoms with E-state index in [2.05, 4.69) is 5.32 Å². The number of aliphatic hydroxyl groups excluding tert-OH is 1. The maximum Gasteiger partial charge on any atom is 0.240 e. The summed E-state index contributed by atoms with van der Waals surface area (Å²) in [5.74, 6) is 3.14. The Hall–Kier alpha value is -0.260. The van der Waals surface area contributed by atoms with Gasteiger partial charge in [-0.1, -0.05) is 0 Å². The lowest BCUT2D eigenvalue weighted by atomic mass is 10.00. The summed E-state index contributed by atoms with van der Waals surface area (Å²) >= 11 is 1.85. The summed E-state index contributed by atoms with van der Waals surface area (Å²) in [4.78, 5) is 14.3. The maximum absolute atomic E-state index is 12.3. The minimum absolute atomic E-state index is 0.00437. The molecule has 0 radical (unpaired) electrons. The van der Waals surface area contributed by atoms with Crippen LogP contribution in [-0.4, -0.2) is 59.2 Å². The van der Waals surface area contributed by atoms with E-state index in [1.165, 1.54) is 0 Å². The van der Waals surface area contributed by atoms with Gasteiger partial charge in [-0.15, -0.1) is 0 Å². The Labute approximate surface area is 106 Å². The third kappa shape index (κ3) is 2.20. The largest absolute Gasteiger partial charge is 0.393 e. The van der Waals surface area contributed by atoms with Crippen LogP contribution in [0, 0.1) is 11.8 Å². The van der Waals surface area contributed by atoms with E-state index in [1.807, 2.05) is 16.7 Å². The highest BCUT2D eigenvalue weighted by Gasteiger charge is 2.44. The first-order valence-electron chi connectivity index (χ1n) is 6.53. The van der Waals surface area contributed by atoms with Gasteiger partial charge in [0.2, 0.25) is 5.91 Å². The zero-order chi connectivity index (χ0) is 11.8. The number of fused-ring (bicyclic) bond motifs is 1. The Morgan fingerprint density at radius 2 is 2.24 bits per heavy atom. The Kier molecular flexibility index (Phi) is 3.32. The number of hydrogen-bond acceptors (Lipinski definition) is 4. The van der Waals surface area contributed by atoms with Crippen molar-refractivity contribution in [2.24, 2.45) is 11.8 Å². The quantitative estimate of drug-likeness (QED) is 0.689. The molecule has 3 aliphatic rings. The van der Waals surface area contributed by atoms with Crippen LogP contribution in [0.1, 0.15) is 12.8 Å². The molecule has 0 bridgehead atoms. The number of thioether (sulfide) groups is 1. The molecule has 4 nitrogen and oxygen atoms in total. The van der Waals surface area contributed by atoms with Gasteiger partial charge in [-0.25, -0.2) is 0 Å². The molecule has 1 saturated carbocycles. The van der Waals surface area contributed by atoms with E-state index in [0.29, 0.717) is 11.8 Å². The summed E-state index contributed by atoms with van der Waals surface area (Å²) in [5.41, 5.74) is 0. The first-order chi connectivity index (χ1) is 8.25. The van der Waals surface area contributed by atoms with E-state index >= 15 is 0 Å². The topological polar surface area (TPSA) is 52.6 Å². The molecule has 5 heteroatoms. The molecule has 3 fully saturated rings. The fraction of sp³-hybridized carbons (Fsp3) is 0.917. The molecule has 0 aromatic rings. The number of rotatable bonds is 1. The predicted molar refractivity (Wildman–Crippen MR) is 67.9 cm³/mol. The second-order valence-corrected chi connectivity index (χ2v) is 6.54. The van der Waals surface area contributed by atoms with Crippen molar-refractivity contribution in [2.75, 3.05) is 31.1 Å². The molecule has 4 atom stereocenters. The molecule has 0 aromatic heterocycles. The van der Waals surface area contributed by atoms with Crippen molar-refractivity contribution in [1.29, 1.82) is 0 Å². The number of carbonyl (C=O) groups excluding carboxylic acids is 1. The fourth-order valence-corrected chi connectivity index (χ4v) is 4.29. The van der Waals surface area contributed by atoms with E-state index < -0.39 is 0 Å². The van der Waals surface area contributed by atoms with Crippen LogP contribution in [0.5, 0.6) is 0 Å². The van der Waals surface area contributed by atoms with Crippen LogP contribution in [0.25, 0.3) is 0 Å². The van der Waals surface area contributed by atoms with E-state index in [4.69, 9.17) is 0 Å². The first-order valence-corrected chi connectivity index (χ1v) is 7.69. The van der Waals surface area contributed by atoms with Crippen LogP contribution in [0.3, 0.4) is 0 Å². The molecule has 2 heterocycles. The van der Waals surface area contributed by atoms with Crippen molar-refractivity contribution in [3.63, 3.8) is 0 Å². The molecular weight excluding hydrogens is 236 g/mol. The van der Waals surface area contributed by atoms with E-state index in [9.17, 15) is 9.90 Å². The molecule has 1 aliphatic carbocycles. The molecule has 96 valence electrons. The lowest BCUT2D eigenvalue weighted by Gasteiger charge is -2.27. The molecule has 2 aliphatic heterocycles. The molecule has 0 aromatic carbocycles. The standard InChI is InChI=1S/C12H20N2O2S/c15-11-2-1-8-5-14(6-9(8)11)12(16)10-7-17-4-3-13-10/h8-11,13,15H,1-7H2. The van der Waals surface area contributed by atoms with Crippen molar-refractivity contribution in [3.05, 3.63) is 0 Å². The minimum atomic E-state index is -0.175. The van der Waals surface area contributed by atoms with Gasteiger partial charge in [0.15, 0.2) is 0 Å². The molecule has 1 amide bonds. The van der Waals surface area contributed by atoms with Gasteiger partial charge in [0.25, 0.3) is 0 Å². The zero-order valence-corrected chi connectivity index (χ0v) is 10.8. The van der Waals surface area contributed by atoms with Crippen LogP contribution in [0.2, 0.25) is 0 Å². The Bertz CT molecular complexity index is 307. The van der Waals surface area contributed by atoms with Crippen LogP contribution in [-0.2, 0) is 4.79 Å². The van der Waals surface area contributed by atoms with Gasteiger partial charge in [0.1, 0.15) is 0 Å². The fourth-order valence-electron chi connectivity index (χ4n) is 3.36. The average Bonchev–Trinajstić information content (AvgIpc) is 2.92. The van der Waals surface area contributed by atoms with Crippen LogP contribution >= 0.6 is 11.8 Å². The van der Waals surface area contributed by atoms with Crippen molar-refractivity contribution < 1.29 is 9.90 Å². The highest BCUT2D eigenvalue weighted by molar-refractivity contribution is 7.99. The number of aliphatic hydroxyl groups is 1. The predicted octanol–water partition coefficient (Wildman–Crippen LogP) is -0.0793. The number of amides is 1. The molecule has 2 saturated heterocycles. The van der Waals surface area contributed by atoms with Crippen molar-refractivity contribution in [1.82, 2.24) is 10.2 Å². The van der Waals surface area contributed by atoms with Crippen molar-refractivity contribution in [2.45, 2.75) is 25.0 Å². The van der Waals surface area contributed by atoms with Crippen molar-refractivity contribution in [3.8, 4) is 0 Å². The first kappa shape index (κ1) is 11.8. The molecule has 17 heavy (non-hydrogen) atoms. The van der Waals surface area contributed by atoms with Gasteiger partial charge in [0, 0.05) is 37.1 Å². The summed E-state index contributed by atoms with van der Waals surface area (Å²) in [6, 6.07) is 0.00437. The van der Waals surface area contributed by atoms with Gasteiger partial charge >= 0.3 is 0 Å². The van der Waals surface area contributed by atoms with Gasteiger partial charge in [-0.05, 0) is 18.8 Å². The second kappa shape index (κ2) is 4.78. The Balaban J connectivity index is 1.60. The number of nitrogens with zero attached hydrogens (tertiary/aromatic N) is 1. The van der Waals surface area contributed by atoms with Crippen LogP contribution in [0.15, 0.2) is 0 Å². The van der Waals surface area contributed by atoms with Gasteiger partial charge < -0.3 is 15.3 Å². The van der Waals surface area contributed by atoms with E-state index in [-0.39, 0.29) is 18.1 Å². The minimum Gasteiger partial charge on any atom is -0.393 e. The Morgan fingerprint density at radius 1 is 1.35 bits per heavy atom. The molecule has 3 rings (SSSR count). The lowest BCUT2D eigenvalue weighted by Crippen LogP contribution is -2.50. The Morgan fingerprint density at radius 3 is 2.94 bits per heavy atom. The molecule has 4 unspecified atom stereocenters. The molecule has 2 N–H and O–H groups in total. The van der Waals surface area contributed by atoms with Gasteiger partial charge in [0.05, 0.1) is 12.1 Å². The van der Waals surface area contributed by atoms with Crippen LogP contribution < -0.4 is 5.32 Å². The number of likely N-dealkylation sites (tertiary alicyclic amines) is 1. The lowest BCUT2D eigenvalue weighted by molar-refractivity contribution is -0.132. The number of carbonyl (C=O) groups is 1. The summed E-state index contributed by atoms with van der Waals surface area (Å²) in [5, 5.41) is 13.1. The summed E-state index contributed by atoms with van der Waals surface area (Å²) in [6.45, 7) is 2.57.